The topological polar surface area (TPSA) is 70.9 Å². The molecule has 3 amide bonds. The van der Waals surface area contributed by atoms with Gasteiger partial charge in [0.1, 0.15) is 0 Å². The van der Waals surface area contributed by atoms with Crippen molar-refractivity contribution in [1.29, 1.82) is 0 Å². The minimum Gasteiger partial charge on any atom is -0.326 e. The highest BCUT2D eigenvalue weighted by Crippen LogP contribution is 2.29. The van der Waals surface area contributed by atoms with Gasteiger partial charge in [0.15, 0.2) is 0 Å². The molecule has 0 saturated heterocycles. The smallest absolute Gasteiger partial charge is 0.326 e. The Morgan fingerprint density at radius 1 is 1.25 bits per heavy atom. The van der Waals surface area contributed by atoms with E-state index in [4.69, 9.17) is 0 Å². The summed E-state index contributed by atoms with van der Waals surface area (Å²) in [7, 11) is 0. The van der Waals surface area contributed by atoms with Gasteiger partial charge in [-0.1, -0.05) is 0 Å². The maximum atomic E-state index is 11.5. The highest BCUT2D eigenvalue weighted by molar-refractivity contribution is 5.94. The lowest BCUT2D eigenvalue weighted by molar-refractivity contribution is -0.117. The zero-order valence-corrected chi connectivity index (χ0v) is 8.43. The van der Waals surface area contributed by atoms with Gasteiger partial charge in [-0.25, -0.2) is 4.79 Å². The molecule has 16 heavy (non-hydrogen) atoms. The van der Waals surface area contributed by atoms with Crippen LogP contribution in [0.25, 0.3) is 0 Å². The number of fused-ring (bicyclic) bond motifs is 1. The number of nitrogens with one attached hydrogen (secondary N) is 1. The van der Waals surface area contributed by atoms with Crippen LogP contribution < -0.4 is 16.0 Å². The standard InChI is InChI=1S/C11H9N3O2/c15-10(6-1-2-6)12-7-3-4-8-9(5-7)14-11(16)13-8/h3-6H,1-2H2,(H,12,15). The van der Waals surface area contributed by atoms with E-state index >= 15 is 0 Å². The van der Waals surface area contributed by atoms with E-state index in [-0.39, 0.29) is 11.8 Å². The van der Waals surface area contributed by atoms with Gasteiger partial charge >= 0.3 is 6.03 Å². The van der Waals surface area contributed by atoms with E-state index in [9.17, 15) is 9.59 Å². The van der Waals surface area contributed by atoms with Crippen molar-refractivity contribution in [3.8, 4) is 0 Å². The van der Waals surface area contributed by atoms with Crippen LogP contribution in [0.4, 0.5) is 10.5 Å². The summed E-state index contributed by atoms with van der Waals surface area (Å²) in [4.78, 5) is 29.9. The Balaban J connectivity index is 1.91. The number of benzene rings is 1. The molecule has 0 radical (unpaired) electrons. The van der Waals surface area contributed by atoms with Crippen LogP contribution >= 0.6 is 0 Å². The molecule has 2 aliphatic rings. The molecule has 1 aliphatic heterocycles. The number of hydrogen-bond donors (Lipinski definition) is 1. The predicted molar refractivity (Wildman–Crippen MR) is 55.5 cm³/mol. The van der Waals surface area contributed by atoms with E-state index in [0.29, 0.717) is 16.4 Å². The molecular weight excluding hydrogens is 206 g/mol. The average Bonchev–Trinajstić information content (AvgIpc) is 3.01. The summed E-state index contributed by atoms with van der Waals surface area (Å²) in [6, 6.07) is 4.60. The van der Waals surface area contributed by atoms with Crippen molar-refractivity contribution in [2.75, 3.05) is 5.32 Å². The van der Waals surface area contributed by atoms with Crippen LogP contribution in [0, 0.1) is 5.92 Å². The second-order valence-electron chi connectivity index (χ2n) is 3.97. The van der Waals surface area contributed by atoms with E-state index < -0.39 is 6.03 Å². The molecule has 0 bridgehead atoms. The quantitative estimate of drug-likeness (QED) is 0.776. The average molecular weight is 215 g/mol. The molecule has 1 N–H and O–H groups in total. The first-order chi connectivity index (χ1) is 7.72. The van der Waals surface area contributed by atoms with Crippen molar-refractivity contribution in [1.82, 2.24) is 0 Å². The van der Waals surface area contributed by atoms with Crippen molar-refractivity contribution in [2.24, 2.45) is 15.9 Å². The largest absolute Gasteiger partial charge is 0.368 e. The lowest BCUT2D eigenvalue weighted by atomic mass is 10.3. The molecular formula is C11H9N3O2. The van der Waals surface area contributed by atoms with Gasteiger partial charge in [-0.3, -0.25) is 4.79 Å². The number of nitrogens with zero attached hydrogens (tertiary/aromatic N) is 2. The van der Waals surface area contributed by atoms with Crippen LogP contribution in [0.5, 0.6) is 0 Å². The van der Waals surface area contributed by atoms with Gasteiger partial charge < -0.3 is 5.32 Å². The third-order valence-electron chi connectivity index (χ3n) is 2.62. The Bertz CT molecular complexity index is 602. The maximum Gasteiger partial charge on any atom is 0.368 e. The molecule has 1 aromatic rings. The van der Waals surface area contributed by atoms with Crippen molar-refractivity contribution in [3.63, 3.8) is 0 Å². The zero-order valence-electron chi connectivity index (χ0n) is 8.43. The Labute approximate surface area is 90.9 Å². The Morgan fingerprint density at radius 3 is 2.75 bits per heavy atom. The molecule has 0 aromatic heterocycles. The van der Waals surface area contributed by atoms with Crippen molar-refractivity contribution in [3.05, 3.63) is 28.9 Å². The third kappa shape index (κ3) is 1.60. The minimum absolute atomic E-state index is 0.0428. The number of carbonyl (C=O) groups excluding carboxylic acids is 2. The maximum absolute atomic E-state index is 11.5. The molecule has 1 saturated carbocycles. The normalized spacial score (nSPS) is 17.4. The molecule has 1 aliphatic carbocycles. The highest BCUT2D eigenvalue weighted by Gasteiger charge is 2.29. The van der Waals surface area contributed by atoms with Crippen molar-refractivity contribution < 1.29 is 9.59 Å². The van der Waals surface area contributed by atoms with Crippen LogP contribution in [0.3, 0.4) is 0 Å². The molecule has 5 heteroatoms. The van der Waals surface area contributed by atoms with Gasteiger partial charge in [0, 0.05) is 11.6 Å². The summed E-state index contributed by atoms with van der Waals surface area (Å²) in [5, 5.41) is 3.89. The van der Waals surface area contributed by atoms with E-state index in [1.165, 1.54) is 0 Å². The van der Waals surface area contributed by atoms with Crippen molar-refractivity contribution >= 4 is 17.6 Å². The van der Waals surface area contributed by atoms with E-state index in [2.05, 4.69) is 15.3 Å². The van der Waals surface area contributed by atoms with Gasteiger partial charge in [-0.2, -0.15) is 9.98 Å². The molecule has 3 rings (SSSR count). The Kier molecular flexibility index (Phi) is 1.86. The predicted octanol–water partition coefficient (Wildman–Crippen LogP) is 0.408. The highest BCUT2D eigenvalue weighted by atomic mass is 16.2. The fourth-order valence-electron chi connectivity index (χ4n) is 1.61. The minimum atomic E-state index is -0.485. The number of hydrogen-bond acceptors (Lipinski definition) is 2. The summed E-state index contributed by atoms with van der Waals surface area (Å²) in [6.07, 6.45) is 1.93. The number of anilines is 1. The molecule has 1 heterocycles. The van der Waals surface area contributed by atoms with E-state index in [0.717, 1.165) is 12.8 Å². The second kappa shape index (κ2) is 3.23. The van der Waals surface area contributed by atoms with Crippen LogP contribution in [0.2, 0.25) is 0 Å². The second-order valence-corrected chi connectivity index (χ2v) is 3.97. The van der Waals surface area contributed by atoms with Crippen LogP contribution in [-0.4, -0.2) is 11.9 Å². The number of urea groups is 1. The summed E-state index contributed by atoms with van der Waals surface area (Å²) in [5.41, 5.74) is 0.671. The monoisotopic (exact) mass is 215 g/mol. The van der Waals surface area contributed by atoms with Gasteiger partial charge in [0.25, 0.3) is 0 Å². The van der Waals surface area contributed by atoms with Crippen LogP contribution in [-0.2, 0) is 4.79 Å². The number of rotatable bonds is 2. The summed E-state index contributed by atoms with van der Waals surface area (Å²) in [6.45, 7) is 0. The first-order valence-electron chi connectivity index (χ1n) is 5.15. The fraction of sp³-hybridized carbons (Fsp3) is 0.273. The Hall–Kier alpha value is -2.04. The molecule has 5 nitrogen and oxygen atoms in total. The third-order valence-corrected chi connectivity index (χ3v) is 2.62. The Morgan fingerprint density at radius 2 is 2.00 bits per heavy atom. The summed E-state index contributed by atoms with van der Waals surface area (Å²) < 4.78 is 0. The SMILES string of the molecule is O=C1N=c2ccc(NC(=O)C3CC3)cc2=N1. The van der Waals surface area contributed by atoms with Crippen molar-refractivity contribution in [2.45, 2.75) is 12.8 Å². The molecule has 1 aromatic carbocycles. The summed E-state index contributed by atoms with van der Waals surface area (Å²) in [5.74, 6) is 0.206. The lowest BCUT2D eigenvalue weighted by Gasteiger charge is -2.02. The number of carbonyl (C=O) groups is 2. The van der Waals surface area contributed by atoms with Gasteiger partial charge in [0.2, 0.25) is 5.91 Å². The van der Waals surface area contributed by atoms with Crippen LogP contribution in [0.15, 0.2) is 28.2 Å². The first kappa shape index (κ1) is 9.21. The molecule has 0 spiro atoms. The summed E-state index contributed by atoms with van der Waals surface area (Å²) >= 11 is 0. The van der Waals surface area contributed by atoms with E-state index in [1.54, 1.807) is 18.2 Å². The molecule has 0 unspecified atom stereocenters. The van der Waals surface area contributed by atoms with Gasteiger partial charge in [-0.15, -0.1) is 0 Å². The number of amides is 3. The van der Waals surface area contributed by atoms with Gasteiger partial charge in [0.05, 0.1) is 10.7 Å². The first-order valence-corrected chi connectivity index (χ1v) is 5.15. The molecule has 1 fully saturated rings. The molecule has 0 atom stereocenters. The zero-order chi connectivity index (χ0) is 11.1. The van der Waals surface area contributed by atoms with Crippen LogP contribution in [0.1, 0.15) is 12.8 Å². The molecule has 80 valence electrons. The van der Waals surface area contributed by atoms with E-state index in [1.807, 2.05) is 0 Å². The van der Waals surface area contributed by atoms with Gasteiger partial charge in [-0.05, 0) is 31.0 Å². The lowest BCUT2D eigenvalue weighted by Crippen LogP contribution is -2.23. The fourth-order valence-corrected chi connectivity index (χ4v) is 1.61.